The van der Waals surface area contributed by atoms with Gasteiger partial charge in [0.15, 0.2) is 0 Å². The summed E-state index contributed by atoms with van der Waals surface area (Å²) in [6.07, 6.45) is 6.08. The lowest BCUT2D eigenvalue weighted by Gasteiger charge is -2.33. The summed E-state index contributed by atoms with van der Waals surface area (Å²) in [6.45, 7) is 2.17. The number of amides is 1. The fraction of sp³-hybridized carbons (Fsp3) is 0.727. The molecule has 1 amide bonds. The van der Waals surface area contributed by atoms with Gasteiger partial charge in [-0.3, -0.25) is 9.88 Å². The Morgan fingerprint density at radius 3 is 2.75 bits per heavy atom. The molecular formula is C22H34N4O5S. The van der Waals surface area contributed by atoms with Crippen molar-refractivity contribution in [1.29, 1.82) is 0 Å². The molecule has 0 spiro atoms. The molecular weight excluding hydrogens is 432 g/mol. The highest BCUT2D eigenvalue weighted by molar-refractivity contribution is 7.87. The van der Waals surface area contributed by atoms with Crippen molar-refractivity contribution in [2.24, 2.45) is 5.92 Å². The maximum atomic E-state index is 12.4. The average molecular weight is 467 g/mol. The van der Waals surface area contributed by atoms with Crippen molar-refractivity contribution in [2.75, 3.05) is 27.8 Å². The second-order valence-corrected chi connectivity index (χ2v) is 11.5. The molecule has 6 atom stereocenters. The number of likely N-dealkylation sites (tertiary alicyclic amines) is 1. The van der Waals surface area contributed by atoms with Gasteiger partial charge in [0.2, 0.25) is 0 Å². The first-order valence-corrected chi connectivity index (χ1v) is 12.7. The highest BCUT2D eigenvalue weighted by atomic mass is 32.2. The lowest BCUT2D eigenvalue weighted by Crippen LogP contribution is -2.52. The molecule has 3 aliphatic rings. The summed E-state index contributed by atoms with van der Waals surface area (Å²) in [5, 5.41) is 0. The van der Waals surface area contributed by atoms with Crippen molar-refractivity contribution < 1.29 is 22.7 Å². The van der Waals surface area contributed by atoms with Crippen LogP contribution in [0, 0.1) is 5.92 Å². The van der Waals surface area contributed by atoms with Gasteiger partial charge in [-0.1, -0.05) is 6.07 Å². The van der Waals surface area contributed by atoms with Crippen LogP contribution in [0.15, 0.2) is 24.4 Å². The summed E-state index contributed by atoms with van der Waals surface area (Å²) in [5.74, 6) is 0.568. The van der Waals surface area contributed by atoms with Crippen LogP contribution >= 0.6 is 0 Å². The van der Waals surface area contributed by atoms with E-state index in [9.17, 15) is 13.2 Å². The first kappa shape index (κ1) is 23.4. The van der Waals surface area contributed by atoms with E-state index in [2.05, 4.69) is 15.8 Å². The van der Waals surface area contributed by atoms with Crippen molar-refractivity contribution in [3.8, 4) is 0 Å². The molecule has 178 valence electrons. The molecule has 0 radical (unpaired) electrons. The fourth-order valence-electron chi connectivity index (χ4n) is 5.53. The van der Waals surface area contributed by atoms with Crippen LogP contribution in [-0.4, -0.2) is 80.7 Å². The Morgan fingerprint density at radius 1 is 1.34 bits per heavy atom. The molecule has 1 aliphatic heterocycles. The molecule has 2 saturated carbocycles. The van der Waals surface area contributed by atoms with E-state index in [4.69, 9.17) is 9.47 Å². The number of hydrogen-bond donors (Lipinski definition) is 1. The maximum absolute atomic E-state index is 12.4. The zero-order valence-electron chi connectivity index (χ0n) is 19.2. The molecule has 1 aromatic rings. The Hall–Kier alpha value is -1.75. The van der Waals surface area contributed by atoms with Crippen molar-refractivity contribution in [3.63, 3.8) is 0 Å². The maximum Gasteiger partial charge on any atom is 0.410 e. The molecule has 1 N–H and O–H groups in total. The van der Waals surface area contributed by atoms with E-state index in [0.717, 1.165) is 30.0 Å². The minimum atomic E-state index is -3.64. The Morgan fingerprint density at radius 2 is 2.12 bits per heavy atom. The van der Waals surface area contributed by atoms with E-state index in [-0.39, 0.29) is 24.2 Å². The number of rotatable bonds is 7. The second kappa shape index (κ2) is 8.89. The Labute approximate surface area is 190 Å². The normalized spacial score (nSPS) is 34.4. The first-order valence-electron chi connectivity index (χ1n) is 11.3. The predicted molar refractivity (Wildman–Crippen MR) is 119 cm³/mol. The van der Waals surface area contributed by atoms with Crippen LogP contribution in [0.5, 0.6) is 0 Å². The van der Waals surface area contributed by atoms with Crippen LogP contribution in [0.4, 0.5) is 4.79 Å². The van der Waals surface area contributed by atoms with Gasteiger partial charge in [-0.25, -0.2) is 4.79 Å². The molecule has 0 bridgehead atoms. The number of nitrogens with one attached hydrogen (secondary N) is 1. The number of fused-ring (bicyclic) bond motifs is 1. The van der Waals surface area contributed by atoms with Gasteiger partial charge in [-0.15, -0.1) is 0 Å². The minimum absolute atomic E-state index is 0.0980. The van der Waals surface area contributed by atoms with Crippen LogP contribution in [0.25, 0.3) is 0 Å². The summed E-state index contributed by atoms with van der Waals surface area (Å²) in [4.78, 5) is 18.6. The number of carbonyl (C=O) groups excluding carboxylic acids is 1. The Kier molecular flexibility index (Phi) is 6.50. The number of ether oxygens (including phenoxy) is 2. The average Bonchev–Trinajstić information content (AvgIpc) is 3.43. The van der Waals surface area contributed by atoms with E-state index in [0.29, 0.717) is 12.3 Å². The van der Waals surface area contributed by atoms with E-state index in [1.54, 1.807) is 4.90 Å². The molecule has 1 aromatic heterocycles. The summed E-state index contributed by atoms with van der Waals surface area (Å²) < 4.78 is 40.0. The lowest BCUT2D eigenvalue weighted by molar-refractivity contribution is -0.0101. The monoisotopic (exact) mass is 466 g/mol. The molecule has 3 unspecified atom stereocenters. The van der Waals surface area contributed by atoms with Gasteiger partial charge >= 0.3 is 6.09 Å². The van der Waals surface area contributed by atoms with Gasteiger partial charge in [0.1, 0.15) is 0 Å². The third kappa shape index (κ3) is 4.37. The third-order valence-electron chi connectivity index (χ3n) is 7.43. The van der Waals surface area contributed by atoms with Crippen molar-refractivity contribution in [1.82, 2.24) is 18.9 Å². The van der Waals surface area contributed by atoms with Gasteiger partial charge in [-0.05, 0) is 57.1 Å². The van der Waals surface area contributed by atoms with Gasteiger partial charge in [0.25, 0.3) is 10.2 Å². The van der Waals surface area contributed by atoms with Crippen LogP contribution < -0.4 is 4.72 Å². The molecule has 4 rings (SSSR count). The fourth-order valence-corrected chi connectivity index (χ4v) is 6.38. The van der Waals surface area contributed by atoms with Gasteiger partial charge in [0, 0.05) is 43.5 Å². The summed E-state index contributed by atoms with van der Waals surface area (Å²) in [6, 6.07) is 5.10. The quantitative estimate of drug-likeness (QED) is 0.659. The second-order valence-electron chi connectivity index (χ2n) is 9.54. The smallest absolute Gasteiger partial charge is 0.410 e. The van der Waals surface area contributed by atoms with Gasteiger partial charge in [0.05, 0.1) is 25.9 Å². The number of pyridine rings is 1. The zero-order valence-corrected chi connectivity index (χ0v) is 20.0. The molecule has 0 aromatic carbocycles. The molecule has 2 aliphatic carbocycles. The molecule has 10 heteroatoms. The van der Waals surface area contributed by atoms with Crippen LogP contribution in [0.3, 0.4) is 0 Å². The highest BCUT2D eigenvalue weighted by Crippen LogP contribution is 2.62. The van der Waals surface area contributed by atoms with Crippen LogP contribution in [0.2, 0.25) is 0 Å². The molecule has 3 fully saturated rings. The highest BCUT2D eigenvalue weighted by Gasteiger charge is 2.58. The summed E-state index contributed by atoms with van der Waals surface area (Å²) in [7, 11) is 0.671. The standard InChI is InChI=1S/C22H34N4O5S/c1-15-11-18(24-32(28,29)25(2)3)19(26(15)21(27)30-4)14-31-17-8-9-22(13-16(22)12-17)20-7-5-6-10-23-20/h5-7,10,15-19,24H,8-9,11-14H2,1-4H3/t15-,16?,17?,18+,19+,22?/m1/s1. The van der Waals surface area contributed by atoms with E-state index in [1.807, 2.05) is 25.3 Å². The predicted octanol–water partition coefficient (Wildman–Crippen LogP) is 1.90. The van der Waals surface area contributed by atoms with E-state index < -0.39 is 28.4 Å². The number of hydrogen-bond acceptors (Lipinski definition) is 6. The summed E-state index contributed by atoms with van der Waals surface area (Å²) >= 11 is 0. The van der Waals surface area contributed by atoms with E-state index in [1.165, 1.54) is 26.9 Å². The molecule has 1 saturated heterocycles. The van der Waals surface area contributed by atoms with Crippen LogP contribution in [-0.2, 0) is 25.1 Å². The number of carbonyl (C=O) groups is 1. The largest absolute Gasteiger partial charge is 0.453 e. The zero-order chi connectivity index (χ0) is 23.1. The van der Waals surface area contributed by atoms with Crippen molar-refractivity contribution in [3.05, 3.63) is 30.1 Å². The number of methoxy groups -OCH3 is 1. The third-order valence-corrected chi connectivity index (χ3v) is 8.99. The number of aromatic nitrogens is 1. The minimum Gasteiger partial charge on any atom is -0.453 e. The van der Waals surface area contributed by atoms with Crippen LogP contribution in [0.1, 0.15) is 44.7 Å². The van der Waals surface area contributed by atoms with Crippen molar-refractivity contribution >= 4 is 16.3 Å². The first-order chi connectivity index (χ1) is 15.2. The van der Waals surface area contributed by atoms with E-state index >= 15 is 0 Å². The number of nitrogens with zero attached hydrogens (tertiary/aromatic N) is 3. The Balaban J connectivity index is 1.41. The SMILES string of the molecule is COC(=O)N1[C@H](C)C[C@H](NS(=O)(=O)N(C)C)[C@@H]1COC1CCC2(c3ccccn3)CC2C1. The lowest BCUT2D eigenvalue weighted by atomic mass is 9.84. The topological polar surface area (TPSA) is 101 Å². The Bertz CT molecular complexity index is 928. The molecule has 9 nitrogen and oxygen atoms in total. The molecule has 2 heterocycles. The van der Waals surface area contributed by atoms with Gasteiger partial charge in [-0.2, -0.15) is 17.4 Å². The van der Waals surface area contributed by atoms with Gasteiger partial charge < -0.3 is 9.47 Å². The summed E-state index contributed by atoms with van der Waals surface area (Å²) in [5.41, 5.74) is 1.38. The molecule has 32 heavy (non-hydrogen) atoms. The van der Waals surface area contributed by atoms with Crippen molar-refractivity contribution in [2.45, 2.75) is 68.7 Å².